The van der Waals surface area contributed by atoms with Crippen molar-refractivity contribution in [3.8, 4) is 11.4 Å². The molecule has 0 aliphatic carbocycles. The highest BCUT2D eigenvalue weighted by molar-refractivity contribution is 5.92. The molecule has 5 rings (SSSR count). The van der Waals surface area contributed by atoms with Gasteiger partial charge in [-0.15, -0.1) is 10.2 Å². The van der Waals surface area contributed by atoms with E-state index in [1.54, 1.807) is 0 Å². The van der Waals surface area contributed by atoms with Gasteiger partial charge < -0.3 is 14.5 Å². The van der Waals surface area contributed by atoms with E-state index in [2.05, 4.69) is 27.0 Å². The third-order valence-corrected chi connectivity index (χ3v) is 6.33. The summed E-state index contributed by atoms with van der Waals surface area (Å²) in [5.41, 5.74) is 3.74. The molecule has 7 heteroatoms. The molecule has 2 aromatic heterocycles. The molecule has 1 amide bonds. The van der Waals surface area contributed by atoms with Gasteiger partial charge in [0.15, 0.2) is 5.82 Å². The Bertz CT molecular complexity index is 1250. The molecule has 0 saturated carbocycles. The molecule has 0 radical (unpaired) electrons. The number of rotatable bonds is 7. The van der Waals surface area contributed by atoms with Crippen LogP contribution in [0.25, 0.3) is 22.4 Å². The van der Waals surface area contributed by atoms with Gasteiger partial charge in [-0.25, -0.2) is 4.98 Å². The van der Waals surface area contributed by atoms with Crippen molar-refractivity contribution >= 4 is 22.6 Å². The summed E-state index contributed by atoms with van der Waals surface area (Å²) in [5.74, 6) is 2.90. The number of hydrogen-bond donors (Lipinski definition) is 1. The number of para-hydroxylation sites is 2. The second-order valence-corrected chi connectivity index (χ2v) is 8.73. The summed E-state index contributed by atoms with van der Waals surface area (Å²) >= 11 is 0. The lowest BCUT2D eigenvalue weighted by Gasteiger charge is -2.11. The molecular formula is C26H30N6O. The molecule has 1 aliphatic rings. The first-order valence-electron chi connectivity index (χ1n) is 12.0. The zero-order chi connectivity index (χ0) is 22.6. The summed E-state index contributed by atoms with van der Waals surface area (Å²) in [6.45, 7) is 3.38. The number of imidazole rings is 1. The molecule has 0 atom stereocenters. The van der Waals surface area contributed by atoms with E-state index in [0.29, 0.717) is 0 Å². The first kappa shape index (κ1) is 21.4. The Kier molecular flexibility index (Phi) is 6.19. The van der Waals surface area contributed by atoms with Gasteiger partial charge in [-0.05, 0) is 55.7 Å². The molecule has 0 unspecified atom stereocenters. The van der Waals surface area contributed by atoms with Crippen LogP contribution in [0.4, 0.5) is 5.69 Å². The monoisotopic (exact) mass is 442 g/mol. The molecule has 1 N–H and O–H groups in total. The first-order valence-corrected chi connectivity index (χ1v) is 12.0. The molecule has 0 fully saturated rings. The van der Waals surface area contributed by atoms with Crippen LogP contribution in [0.2, 0.25) is 0 Å². The van der Waals surface area contributed by atoms with E-state index in [-0.39, 0.29) is 12.5 Å². The van der Waals surface area contributed by atoms with Crippen LogP contribution in [0.1, 0.15) is 50.7 Å². The standard InChI is InChI=1S/C26H30N6O/c1-2-3-11-23-28-21-9-6-7-10-22(21)32(23)18-25(33)27-20-15-13-19(14-16-20)26-30-29-24-12-5-4-8-17-31(24)26/h6-7,9-10,13-16H,2-5,8,11-12,17-18H2,1H3,(H,27,33). The zero-order valence-corrected chi connectivity index (χ0v) is 19.1. The molecule has 7 nitrogen and oxygen atoms in total. The molecule has 33 heavy (non-hydrogen) atoms. The Hall–Kier alpha value is -3.48. The molecule has 0 saturated heterocycles. The Morgan fingerprint density at radius 3 is 2.73 bits per heavy atom. The highest BCUT2D eigenvalue weighted by Gasteiger charge is 2.17. The second kappa shape index (κ2) is 9.57. The van der Waals surface area contributed by atoms with Crippen LogP contribution in [-0.2, 0) is 30.7 Å². The van der Waals surface area contributed by atoms with Gasteiger partial charge in [0.05, 0.1) is 11.0 Å². The number of unbranched alkanes of at least 4 members (excludes halogenated alkanes) is 1. The van der Waals surface area contributed by atoms with E-state index in [1.165, 1.54) is 12.8 Å². The lowest BCUT2D eigenvalue weighted by atomic mass is 10.2. The number of amides is 1. The number of nitrogens with one attached hydrogen (secondary N) is 1. The fourth-order valence-corrected chi connectivity index (χ4v) is 4.57. The molecule has 3 heterocycles. The lowest BCUT2D eigenvalue weighted by Crippen LogP contribution is -2.20. The number of fused-ring (bicyclic) bond motifs is 2. The quantitative estimate of drug-likeness (QED) is 0.437. The van der Waals surface area contributed by atoms with Crippen molar-refractivity contribution in [3.63, 3.8) is 0 Å². The van der Waals surface area contributed by atoms with E-state index >= 15 is 0 Å². The third kappa shape index (κ3) is 4.53. The fraction of sp³-hybridized carbons (Fsp3) is 0.385. The first-order chi connectivity index (χ1) is 16.2. The van der Waals surface area contributed by atoms with Gasteiger partial charge in [-0.3, -0.25) is 4.79 Å². The predicted octanol–water partition coefficient (Wildman–Crippen LogP) is 5.00. The smallest absolute Gasteiger partial charge is 0.244 e. The minimum atomic E-state index is -0.0556. The Balaban J connectivity index is 1.31. The van der Waals surface area contributed by atoms with E-state index in [4.69, 9.17) is 4.98 Å². The van der Waals surface area contributed by atoms with Gasteiger partial charge in [0.25, 0.3) is 0 Å². The van der Waals surface area contributed by atoms with Crippen molar-refractivity contribution in [2.24, 2.45) is 0 Å². The van der Waals surface area contributed by atoms with Crippen LogP contribution in [0.15, 0.2) is 48.5 Å². The second-order valence-electron chi connectivity index (χ2n) is 8.73. The van der Waals surface area contributed by atoms with Crippen LogP contribution in [0.3, 0.4) is 0 Å². The fourth-order valence-electron chi connectivity index (χ4n) is 4.57. The largest absolute Gasteiger partial charge is 0.325 e. The SMILES string of the molecule is CCCCc1nc2ccccc2n1CC(=O)Nc1ccc(-c2nnc3n2CCCCC3)cc1. The maximum absolute atomic E-state index is 12.9. The minimum absolute atomic E-state index is 0.0556. The summed E-state index contributed by atoms with van der Waals surface area (Å²) in [7, 11) is 0. The Morgan fingerprint density at radius 1 is 1.03 bits per heavy atom. The number of aromatic nitrogens is 5. The number of anilines is 1. The average molecular weight is 443 g/mol. The topological polar surface area (TPSA) is 77.6 Å². The van der Waals surface area contributed by atoms with Gasteiger partial charge in [0.2, 0.25) is 5.91 Å². The van der Waals surface area contributed by atoms with Crippen molar-refractivity contribution in [1.82, 2.24) is 24.3 Å². The van der Waals surface area contributed by atoms with Gasteiger partial charge in [-0.1, -0.05) is 31.9 Å². The molecule has 0 bridgehead atoms. The minimum Gasteiger partial charge on any atom is -0.325 e. The van der Waals surface area contributed by atoms with Gasteiger partial charge in [0.1, 0.15) is 18.2 Å². The van der Waals surface area contributed by atoms with Crippen LogP contribution >= 0.6 is 0 Å². The Labute approximate surface area is 193 Å². The summed E-state index contributed by atoms with van der Waals surface area (Å²) in [5, 5.41) is 11.9. The molecule has 170 valence electrons. The van der Waals surface area contributed by atoms with Gasteiger partial charge in [-0.2, -0.15) is 0 Å². The van der Waals surface area contributed by atoms with Crippen molar-refractivity contribution in [1.29, 1.82) is 0 Å². The molecule has 4 aromatic rings. The number of aryl methyl sites for hydroxylation is 2. The number of nitrogens with zero attached hydrogens (tertiary/aromatic N) is 5. The molecule has 2 aromatic carbocycles. The maximum atomic E-state index is 12.9. The maximum Gasteiger partial charge on any atom is 0.244 e. The lowest BCUT2D eigenvalue weighted by molar-refractivity contribution is -0.116. The summed E-state index contributed by atoms with van der Waals surface area (Å²) in [6, 6.07) is 15.9. The average Bonchev–Trinajstić information content (AvgIpc) is 3.30. The molecule has 1 aliphatic heterocycles. The zero-order valence-electron chi connectivity index (χ0n) is 19.1. The van der Waals surface area contributed by atoms with Crippen LogP contribution in [-0.4, -0.2) is 30.2 Å². The summed E-state index contributed by atoms with van der Waals surface area (Å²) < 4.78 is 4.28. The summed E-state index contributed by atoms with van der Waals surface area (Å²) in [4.78, 5) is 17.7. The molecular weight excluding hydrogens is 412 g/mol. The van der Waals surface area contributed by atoms with E-state index < -0.39 is 0 Å². The summed E-state index contributed by atoms with van der Waals surface area (Å²) in [6.07, 6.45) is 7.58. The van der Waals surface area contributed by atoms with Crippen molar-refractivity contribution in [2.75, 3.05) is 5.32 Å². The number of carbonyl (C=O) groups excluding carboxylic acids is 1. The van der Waals surface area contributed by atoms with E-state index in [0.717, 1.165) is 78.4 Å². The number of hydrogen-bond acceptors (Lipinski definition) is 4. The van der Waals surface area contributed by atoms with E-state index in [9.17, 15) is 4.79 Å². The van der Waals surface area contributed by atoms with Crippen molar-refractivity contribution < 1.29 is 4.79 Å². The van der Waals surface area contributed by atoms with Gasteiger partial charge in [0, 0.05) is 30.6 Å². The van der Waals surface area contributed by atoms with Crippen molar-refractivity contribution in [2.45, 2.75) is 65.0 Å². The van der Waals surface area contributed by atoms with Crippen molar-refractivity contribution in [3.05, 3.63) is 60.2 Å². The predicted molar refractivity (Wildman–Crippen MR) is 130 cm³/mol. The van der Waals surface area contributed by atoms with Crippen LogP contribution in [0, 0.1) is 0 Å². The highest BCUT2D eigenvalue weighted by atomic mass is 16.1. The van der Waals surface area contributed by atoms with Crippen LogP contribution in [0.5, 0.6) is 0 Å². The third-order valence-electron chi connectivity index (χ3n) is 6.33. The van der Waals surface area contributed by atoms with Crippen LogP contribution < -0.4 is 5.32 Å². The van der Waals surface area contributed by atoms with E-state index in [1.807, 2.05) is 53.1 Å². The normalized spacial score (nSPS) is 13.6. The van der Waals surface area contributed by atoms with Gasteiger partial charge >= 0.3 is 0 Å². The Morgan fingerprint density at radius 2 is 1.88 bits per heavy atom. The number of carbonyl (C=O) groups is 1. The highest BCUT2D eigenvalue weighted by Crippen LogP contribution is 2.24. The molecule has 0 spiro atoms. The number of benzene rings is 2.